The fraction of sp³-hybridized carbons (Fsp3) is 0.571. The Morgan fingerprint density at radius 3 is 3.00 bits per heavy atom. The number of hydrogen-bond donors (Lipinski definition) is 1. The van der Waals surface area contributed by atoms with Crippen LogP contribution in [0.5, 0.6) is 5.75 Å². The second-order valence-electron chi connectivity index (χ2n) is 7.53. The van der Waals surface area contributed by atoms with Gasteiger partial charge in [-0.05, 0) is 56.7 Å². The molecule has 0 aliphatic carbocycles. The maximum atomic E-state index is 13.0. The zero-order valence-electron chi connectivity index (χ0n) is 16.6. The largest absolute Gasteiger partial charge is 0.494 e. The Morgan fingerprint density at radius 1 is 1.21 bits per heavy atom. The van der Waals surface area contributed by atoms with Gasteiger partial charge in [0.15, 0.2) is 5.82 Å². The number of carbonyl (C=O) groups is 1. The minimum absolute atomic E-state index is 0.0165. The molecule has 1 unspecified atom stereocenters. The van der Waals surface area contributed by atoms with Crippen molar-refractivity contribution >= 4 is 6.03 Å². The molecule has 3 heterocycles. The summed E-state index contributed by atoms with van der Waals surface area (Å²) in [6, 6.07) is 7.86. The van der Waals surface area contributed by atoms with Gasteiger partial charge in [-0.3, -0.25) is 0 Å². The highest BCUT2D eigenvalue weighted by Crippen LogP contribution is 2.31. The van der Waals surface area contributed by atoms with Gasteiger partial charge in [0.2, 0.25) is 0 Å². The number of fused-ring (bicyclic) bond motifs is 1. The number of urea groups is 1. The molecule has 28 heavy (non-hydrogen) atoms. The van der Waals surface area contributed by atoms with Crippen LogP contribution in [0.1, 0.15) is 62.3 Å². The first kappa shape index (κ1) is 18.8. The van der Waals surface area contributed by atoms with E-state index in [1.165, 1.54) is 6.42 Å². The van der Waals surface area contributed by atoms with Crippen molar-refractivity contribution in [1.82, 2.24) is 25.0 Å². The summed E-state index contributed by atoms with van der Waals surface area (Å²) < 4.78 is 7.79. The number of carbonyl (C=O) groups excluding carboxylic acids is 1. The van der Waals surface area contributed by atoms with E-state index in [1.54, 1.807) is 0 Å². The summed E-state index contributed by atoms with van der Waals surface area (Å²) in [6.07, 6.45) is 6.42. The van der Waals surface area contributed by atoms with Crippen LogP contribution in [-0.2, 0) is 19.5 Å². The summed E-state index contributed by atoms with van der Waals surface area (Å²) >= 11 is 0. The predicted octanol–water partition coefficient (Wildman–Crippen LogP) is 3.45. The van der Waals surface area contributed by atoms with Crippen LogP contribution in [0.25, 0.3) is 0 Å². The number of aryl methyl sites for hydroxylation is 1. The fourth-order valence-corrected chi connectivity index (χ4v) is 4.21. The first-order chi connectivity index (χ1) is 13.8. The molecule has 0 bridgehead atoms. The number of ether oxygens (including phenoxy) is 1. The smallest absolute Gasteiger partial charge is 0.318 e. The van der Waals surface area contributed by atoms with Crippen LogP contribution in [0, 0.1) is 0 Å². The molecular weight excluding hydrogens is 354 g/mol. The third-order valence-corrected chi connectivity index (χ3v) is 5.60. The van der Waals surface area contributed by atoms with Crippen molar-refractivity contribution in [2.45, 2.75) is 64.6 Å². The number of benzene rings is 1. The third-order valence-electron chi connectivity index (χ3n) is 5.60. The molecule has 1 aromatic carbocycles. The van der Waals surface area contributed by atoms with Crippen LogP contribution in [0.2, 0.25) is 0 Å². The lowest BCUT2D eigenvalue weighted by molar-refractivity contribution is 0.144. The van der Waals surface area contributed by atoms with Gasteiger partial charge in [-0.15, -0.1) is 10.2 Å². The number of hydrogen-bond acceptors (Lipinski definition) is 4. The molecule has 1 N–H and O–H groups in total. The monoisotopic (exact) mass is 383 g/mol. The van der Waals surface area contributed by atoms with Gasteiger partial charge in [0.05, 0.1) is 12.6 Å². The molecule has 1 saturated heterocycles. The van der Waals surface area contributed by atoms with Crippen molar-refractivity contribution in [3.8, 4) is 5.75 Å². The average molecular weight is 383 g/mol. The molecule has 1 atom stereocenters. The Kier molecular flexibility index (Phi) is 5.78. The zero-order valence-corrected chi connectivity index (χ0v) is 16.6. The van der Waals surface area contributed by atoms with Crippen LogP contribution in [0.3, 0.4) is 0 Å². The molecule has 7 heteroatoms. The van der Waals surface area contributed by atoms with Crippen LogP contribution in [0.4, 0.5) is 4.79 Å². The minimum Gasteiger partial charge on any atom is -0.494 e. The van der Waals surface area contributed by atoms with Gasteiger partial charge in [-0.2, -0.15) is 0 Å². The highest BCUT2D eigenvalue weighted by molar-refractivity contribution is 5.74. The summed E-state index contributed by atoms with van der Waals surface area (Å²) in [6.45, 7) is 4.81. The normalized spacial score (nSPS) is 19.2. The summed E-state index contributed by atoms with van der Waals surface area (Å²) in [5, 5.41) is 12.0. The van der Waals surface area contributed by atoms with Gasteiger partial charge >= 0.3 is 6.03 Å². The van der Waals surface area contributed by atoms with Gasteiger partial charge in [-0.25, -0.2) is 4.79 Å². The molecule has 0 radical (unpaired) electrons. The van der Waals surface area contributed by atoms with Crippen LogP contribution in [0.15, 0.2) is 24.3 Å². The van der Waals surface area contributed by atoms with Crippen molar-refractivity contribution in [3.05, 3.63) is 41.5 Å². The molecular formula is C21H29N5O2. The SMILES string of the molecule is CCOc1cccc(CNC(=O)N2CCCCC2c2nnc3n2CCCC3)c1. The van der Waals surface area contributed by atoms with E-state index in [2.05, 4.69) is 20.1 Å². The average Bonchev–Trinajstić information content (AvgIpc) is 3.17. The molecule has 4 rings (SSSR count). The predicted molar refractivity (Wildman–Crippen MR) is 106 cm³/mol. The molecule has 1 aromatic heterocycles. The lowest BCUT2D eigenvalue weighted by atomic mass is 10.0. The Morgan fingerprint density at radius 2 is 2.11 bits per heavy atom. The molecule has 0 spiro atoms. The van der Waals surface area contributed by atoms with Gasteiger partial charge in [-0.1, -0.05) is 12.1 Å². The Hall–Kier alpha value is -2.57. The Bertz CT molecular complexity index is 819. The van der Waals surface area contributed by atoms with Crippen molar-refractivity contribution < 1.29 is 9.53 Å². The summed E-state index contributed by atoms with van der Waals surface area (Å²) in [7, 11) is 0. The first-order valence-corrected chi connectivity index (χ1v) is 10.4. The van der Waals surface area contributed by atoms with Crippen molar-refractivity contribution in [1.29, 1.82) is 0 Å². The van der Waals surface area contributed by atoms with E-state index in [0.717, 1.165) is 68.2 Å². The molecule has 2 aromatic rings. The number of nitrogens with one attached hydrogen (secondary N) is 1. The van der Waals surface area contributed by atoms with E-state index in [-0.39, 0.29) is 12.1 Å². The fourth-order valence-electron chi connectivity index (χ4n) is 4.21. The molecule has 150 valence electrons. The van der Waals surface area contributed by atoms with E-state index in [9.17, 15) is 4.79 Å². The second kappa shape index (κ2) is 8.63. The van der Waals surface area contributed by atoms with Crippen molar-refractivity contribution in [3.63, 3.8) is 0 Å². The highest BCUT2D eigenvalue weighted by atomic mass is 16.5. The summed E-state index contributed by atoms with van der Waals surface area (Å²) in [5.74, 6) is 2.86. The Balaban J connectivity index is 1.45. The number of piperidine rings is 1. The molecule has 2 aliphatic heterocycles. The van der Waals surface area contributed by atoms with Crippen LogP contribution in [-0.4, -0.2) is 38.8 Å². The minimum atomic E-state index is -0.0281. The van der Waals surface area contributed by atoms with Crippen molar-refractivity contribution in [2.75, 3.05) is 13.2 Å². The first-order valence-electron chi connectivity index (χ1n) is 10.4. The van der Waals surface area contributed by atoms with E-state index in [0.29, 0.717) is 13.2 Å². The second-order valence-corrected chi connectivity index (χ2v) is 7.53. The van der Waals surface area contributed by atoms with Gasteiger partial charge < -0.3 is 19.5 Å². The molecule has 2 amide bonds. The number of likely N-dealkylation sites (tertiary alicyclic amines) is 1. The molecule has 1 fully saturated rings. The number of nitrogens with zero attached hydrogens (tertiary/aromatic N) is 4. The van der Waals surface area contributed by atoms with Gasteiger partial charge in [0, 0.05) is 26.1 Å². The quantitative estimate of drug-likeness (QED) is 0.858. The number of aromatic nitrogens is 3. The van der Waals surface area contributed by atoms with E-state index in [4.69, 9.17) is 4.74 Å². The Labute approximate surface area is 166 Å². The maximum absolute atomic E-state index is 13.0. The topological polar surface area (TPSA) is 72.3 Å². The highest BCUT2D eigenvalue weighted by Gasteiger charge is 2.32. The molecule has 0 saturated carbocycles. The summed E-state index contributed by atoms with van der Waals surface area (Å²) in [4.78, 5) is 14.9. The van der Waals surface area contributed by atoms with Gasteiger partial charge in [0.25, 0.3) is 0 Å². The number of rotatable bonds is 5. The summed E-state index contributed by atoms with van der Waals surface area (Å²) in [5.41, 5.74) is 1.03. The zero-order chi connectivity index (χ0) is 19.3. The lowest BCUT2D eigenvalue weighted by Gasteiger charge is -2.35. The third kappa shape index (κ3) is 3.98. The van der Waals surface area contributed by atoms with E-state index >= 15 is 0 Å². The van der Waals surface area contributed by atoms with Gasteiger partial charge in [0.1, 0.15) is 11.6 Å². The van der Waals surface area contributed by atoms with Crippen LogP contribution < -0.4 is 10.1 Å². The lowest BCUT2D eigenvalue weighted by Crippen LogP contribution is -2.45. The van der Waals surface area contributed by atoms with E-state index < -0.39 is 0 Å². The molecule has 2 aliphatic rings. The van der Waals surface area contributed by atoms with E-state index in [1.807, 2.05) is 36.1 Å². The number of amides is 2. The molecule has 7 nitrogen and oxygen atoms in total. The van der Waals surface area contributed by atoms with Crippen molar-refractivity contribution in [2.24, 2.45) is 0 Å². The van der Waals surface area contributed by atoms with Crippen LogP contribution >= 0.6 is 0 Å². The maximum Gasteiger partial charge on any atom is 0.318 e. The standard InChI is InChI=1S/C21H29N5O2/c1-2-28-17-9-7-8-16(14-17)15-22-21(27)25-12-5-3-10-18(25)20-24-23-19-11-4-6-13-26(19)20/h7-9,14,18H,2-6,10-13,15H2,1H3,(H,22,27).